The van der Waals surface area contributed by atoms with Crippen molar-refractivity contribution in [3.05, 3.63) is 28.8 Å². The summed E-state index contributed by atoms with van der Waals surface area (Å²) in [6.45, 7) is 1.00. The number of nitrogens with one attached hydrogen (secondary N) is 1. The fourth-order valence-corrected chi connectivity index (χ4v) is 1.26. The van der Waals surface area contributed by atoms with E-state index in [2.05, 4.69) is 5.32 Å². The van der Waals surface area contributed by atoms with Crippen molar-refractivity contribution in [1.29, 1.82) is 0 Å². The lowest BCUT2D eigenvalue weighted by molar-refractivity contribution is 0.0951. The van der Waals surface area contributed by atoms with Crippen LogP contribution in [0.4, 0.5) is 0 Å². The molecule has 0 heterocycles. The number of aromatic hydroxyl groups is 1. The third-order valence-corrected chi connectivity index (χ3v) is 2.10. The van der Waals surface area contributed by atoms with Gasteiger partial charge >= 0.3 is 0 Å². The van der Waals surface area contributed by atoms with E-state index in [-0.39, 0.29) is 17.2 Å². The second-order valence-electron chi connectivity index (χ2n) is 3.06. The van der Waals surface area contributed by atoms with Crippen molar-refractivity contribution >= 4 is 17.5 Å². The summed E-state index contributed by atoms with van der Waals surface area (Å²) >= 11 is 5.71. The Balaban J connectivity index is 2.68. The van der Waals surface area contributed by atoms with Gasteiger partial charge in [0.15, 0.2) is 0 Å². The predicted molar refractivity (Wildman–Crippen MR) is 59.1 cm³/mol. The first-order valence-electron chi connectivity index (χ1n) is 4.62. The topological polar surface area (TPSA) is 75.3 Å². The molecule has 0 unspecified atom stereocenters. The molecule has 1 rings (SSSR count). The Morgan fingerprint density at radius 1 is 1.53 bits per heavy atom. The summed E-state index contributed by atoms with van der Waals surface area (Å²) in [6, 6.07) is 4.34. The lowest BCUT2D eigenvalue weighted by Crippen LogP contribution is -2.25. The van der Waals surface area contributed by atoms with Gasteiger partial charge in [-0.25, -0.2) is 0 Å². The number of hydrogen-bond donors (Lipinski definition) is 3. The number of carbonyl (C=O) groups is 1. The molecular weight excluding hydrogens is 216 g/mol. The highest BCUT2D eigenvalue weighted by Gasteiger charge is 2.10. The highest BCUT2D eigenvalue weighted by atomic mass is 35.5. The molecule has 1 amide bonds. The maximum atomic E-state index is 11.5. The summed E-state index contributed by atoms with van der Waals surface area (Å²) in [6.07, 6.45) is 0.701. The molecule has 0 saturated heterocycles. The van der Waals surface area contributed by atoms with Crippen LogP contribution in [-0.2, 0) is 0 Å². The van der Waals surface area contributed by atoms with Gasteiger partial charge in [-0.15, -0.1) is 0 Å². The van der Waals surface area contributed by atoms with Crippen LogP contribution in [0.1, 0.15) is 16.8 Å². The SMILES string of the molecule is NCCCNC(=O)c1cc(Cl)ccc1O. The molecule has 1 aromatic carbocycles. The minimum Gasteiger partial charge on any atom is -0.507 e. The van der Waals surface area contributed by atoms with Crippen molar-refractivity contribution < 1.29 is 9.90 Å². The molecule has 4 N–H and O–H groups in total. The van der Waals surface area contributed by atoms with Gasteiger partial charge in [0.05, 0.1) is 5.56 Å². The monoisotopic (exact) mass is 228 g/mol. The number of amides is 1. The number of benzene rings is 1. The normalized spacial score (nSPS) is 10.0. The van der Waals surface area contributed by atoms with Gasteiger partial charge in [0.25, 0.3) is 5.91 Å². The van der Waals surface area contributed by atoms with Crippen molar-refractivity contribution in [2.24, 2.45) is 5.73 Å². The van der Waals surface area contributed by atoms with Gasteiger partial charge in [-0.05, 0) is 31.2 Å². The largest absolute Gasteiger partial charge is 0.507 e. The van der Waals surface area contributed by atoms with Gasteiger partial charge in [0.1, 0.15) is 5.75 Å². The van der Waals surface area contributed by atoms with Crippen molar-refractivity contribution in [2.45, 2.75) is 6.42 Å². The van der Waals surface area contributed by atoms with E-state index in [1.807, 2.05) is 0 Å². The van der Waals surface area contributed by atoms with Crippen LogP contribution in [0.15, 0.2) is 18.2 Å². The highest BCUT2D eigenvalue weighted by Crippen LogP contribution is 2.21. The Bertz CT molecular complexity index is 355. The summed E-state index contributed by atoms with van der Waals surface area (Å²) in [5.74, 6) is -0.423. The van der Waals surface area contributed by atoms with Crippen LogP contribution in [0.2, 0.25) is 5.02 Å². The Kier molecular flexibility index (Phi) is 4.39. The van der Waals surface area contributed by atoms with E-state index in [9.17, 15) is 9.90 Å². The van der Waals surface area contributed by atoms with Crippen molar-refractivity contribution in [3.63, 3.8) is 0 Å². The molecule has 0 aliphatic heterocycles. The second-order valence-corrected chi connectivity index (χ2v) is 3.50. The van der Waals surface area contributed by atoms with Crippen LogP contribution in [-0.4, -0.2) is 24.1 Å². The van der Waals surface area contributed by atoms with Crippen LogP contribution in [0.5, 0.6) is 5.75 Å². The van der Waals surface area contributed by atoms with E-state index < -0.39 is 0 Å². The Labute approximate surface area is 93.0 Å². The predicted octanol–water partition coefficient (Wildman–Crippen LogP) is 1.12. The molecule has 0 spiro atoms. The first-order chi connectivity index (χ1) is 7.15. The van der Waals surface area contributed by atoms with Gasteiger partial charge in [0.2, 0.25) is 0 Å². The molecule has 0 aromatic heterocycles. The van der Waals surface area contributed by atoms with Gasteiger partial charge in [-0.2, -0.15) is 0 Å². The summed E-state index contributed by atoms with van der Waals surface area (Å²) < 4.78 is 0. The average Bonchev–Trinajstić information content (AvgIpc) is 2.22. The molecule has 0 atom stereocenters. The maximum absolute atomic E-state index is 11.5. The molecular formula is C10H13ClN2O2. The van der Waals surface area contributed by atoms with Crippen molar-refractivity contribution in [3.8, 4) is 5.75 Å². The zero-order valence-electron chi connectivity index (χ0n) is 8.16. The van der Waals surface area contributed by atoms with Crippen molar-refractivity contribution in [2.75, 3.05) is 13.1 Å². The first kappa shape index (κ1) is 11.8. The fraction of sp³-hybridized carbons (Fsp3) is 0.300. The smallest absolute Gasteiger partial charge is 0.255 e. The maximum Gasteiger partial charge on any atom is 0.255 e. The van der Waals surface area contributed by atoms with Crippen LogP contribution in [0.25, 0.3) is 0 Å². The zero-order valence-corrected chi connectivity index (χ0v) is 8.92. The number of rotatable bonds is 4. The summed E-state index contributed by atoms with van der Waals surface area (Å²) in [4.78, 5) is 11.5. The lowest BCUT2D eigenvalue weighted by Gasteiger charge is -2.06. The van der Waals surface area contributed by atoms with Gasteiger partial charge in [-0.3, -0.25) is 4.79 Å². The Morgan fingerprint density at radius 2 is 2.27 bits per heavy atom. The van der Waals surface area contributed by atoms with Crippen LogP contribution >= 0.6 is 11.6 Å². The van der Waals surface area contributed by atoms with E-state index in [4.69, 9.17) is 17.3 Å². The Hall–Kier alpha value is -1.26. The van der Waals surface area contributed by atoms with Gasteiger partial charge in [-0.1, -0.05) is 11.6 Å². The van der Waals surface area contributed by atoms with E-state index in [1.165, 1.54) is 18.2 Å². The quantitative estimate of drug-likeness (QED) is 0.676. The third kappa shape index (κ3) is 3.42. The van der Waals surface area contributed by atoms with E-state index in [1.54, 1.807) is 0 Å². The van der Waals surface area contributed by atoms with E-state index in [0.717, 1.165) is 0 Å². The minimum atomic E-state index is -0.344. The first-order valence-corrected chi connectivity index (χ1v) is 4.99. The standard InChI is InChI=1S/C10H13ClN2O2/c11-7-2-3-9(14)8(6-7)10(15)13-5-1-4-12/h2-3,6,14H,1,4-5,12H2,(H,13,15). The fourth-order valence-electron chi connectivity index (χ4n) is 1.09. The molecule has 0 aliphatic carbocycles. The number of phenolic OH excluding ortho intramolecular Hbond substituents is 1. The van der Waals surface area contributed by atoms with E-state index >= 15 is 0 Å². The van der Waals surface area contributed by atoms with Crippen LogP contribution < -0.4 is 11.1 Å². The number of carbonyl (C=O) groups excluding carboxylic acids is 1. The molecule has 4 nitrogen and oxygen atoms in total. The zero-order chi connectivity index (χ0) is 11.3. The molecule has 0 saturated carbocycles. The lowest BCUT2D eigenvalue weighted by atomic mass is 10.2. The van der Waals surface area contributed by atoms with Gasteiger partial charge in [0, 0.05) is 11.6 Å². The summed E-state index contributed by atoms with van der Waals surface area (Å²) in [7, 11) is 0. The molecule has 0 aliphatic rings. The highest BCUT2D eigenvalue weighted by molar-refractivity contribution is 6.31. The van der Waals surface area contributed by atoms with Gasteiger partial charge < -0.3 is 16.2 Å². The van der Waals surface area contributed by atoms with E-state index in [0.29, 0.717) is 24.5 Å². The molecule has 0 radical (unpaired) electrons. The summed E-state index contributed by atoms with van der Waals surface area (Å²) in [5, 5.41) is 12.5. The van der Waals surface area contributed by atoms with Crippen molar-refractivity contribution in [1.82, 2.24) is 5.32 Å². The van der Waals surface area contributed by atoms with Crippen LogP contribution in [0, 0.1) is 0 Å². The molecule has 82 valence electrons. The number of phenols is 1. The second kappa shape index (κ2) is 5.58. The number of halogens is 1. The molecule has 1 aromatic rings. The molecule has 5 heteroatoms. The Morgan fingerprint density at radius 3 is 2.93 bits per heavy atom. The number of nitrogens with two attached hydrogens (primary N) is 1. The number of hydrogen-bond acceptors (Lipinski definition) is 3. The van der Waals surface area contributed by atoms with Crippen LogP contribution in [0.3, 0.4) is 0 Å². The summed E-state index contributed by atoms with van der Waals surface area (Å²) in [5.41, 5.74) is 5.47. The molecule has 0 fully saturated rings. The molecule has 15 heavy (non-hydrogen) atoms. The third-order valence-electron chi connectivity index (χ3n) is 1.87. The average molecular weight is 229 g/mol. The minimum absolute atomic E-state index is 0.0790. The molecule has 0 bridgehead atoms.